The number of nitrogens with one attached hydrogen (secondary N) is 1. The van der Waals surface area contributed by atoms with E-state index < -0.39 is 0 Å². The summed E-state index contributed by atoms with van der Waals surface area (Å²) in [7, 11) is 0. The molecular weight excluding hydrogens is 224 g/mol. The molecule has 2 rings (SSSR count). The molecule has 0 bridgehead atoms. The van der Waals surface area contributed by atoms with Crippen LogP contribution in [0.4, 0.5) is 0 Å². The second kappa shape index (κ2) is 5.20. The number of rotatable bonds is 5. The molecule has 0 atom stereocenters. The Morgan fingerprint density at radius 2 is 1.89 bits per heavy atom. The topological polar surface area (TPSA) is 55.1 Å². The lowest BCUT2D eigenvalue weighted by Crippen LogP contribution is -2.43. The summed E-state index contributed by atoms with van der Waals surface area (Å²) >= 11 is 0. The fourth-order valence-electron chi connectivity index (χ4n) is 3.20. The third kappa shape index (κ3) is 2.87. The van der Waals surface area contributed by atoms with Crippen molar-refractivity contribution < 1.29 is 4.79 Å². The van der Waals surface area contributed by atoms with Crippen LogP contribution in [0.5, 0.6) is 0 Å². The predicted octanol–water partition coefficient (Wildman–Crippen LogP) is 2.45. The van der Waals surface area contributed by atoms with E-state index in [9.17, 15) is 4.79 Å². The molecule has 0 heterocycles. The van der Waals surface area contributed by atoms with Crippen LogP contribution in [0.2, 0.25) is 0 Å². The Morgan fingerprint density at radius 3 is 2.39 bits per heavy atom. The first kappa shape index (κ1) is 13.9. The van der Waals surface area contributed by atoms with Gasteiger partial charge in [-0.3, -0.25) is 4.79 Å². The minimum Gasteiger partial charge on any atom is -0.355 e. The third-order valence-electron chi connectivity index (χ3n) is 5.14. The molecule has 0 aromatic rings. The van der Waals surface area contributed by atoms with E-state index in [-0.39, 0.29) is 16.7 Å². The van der Waals surface area contributed by atoms with Gasteiger partial charge in [0.2, 0.25) is 5.91 Å². The van der Waals surface area contributed by atoms with Crippen LogP contribution in [-0.2, 0) is 4.79 Å². The summed E-state index contributed by atoms with van der Waals surface area (Å²) in [6.07, 6.45) is 8.69. The van der Waals surface area contributed by atoms with Crippen LogP contribution in [0, 0.1) is 16.7 Å². The van der Waals surface area contributed by atoms with E-state index in [2.05, 4.69) is 19.2 Å². The Labute approximate surface area is 111 Å². The van der Waals surface area contributed by atoms with Gasteiger partial charge in [0.25, 0.3) is 0 Å². The summed E-state index contributed by atoms with van der Waals surface area (Å²) in [5.41, 5.74) is 5.71. The molecule has 0 aromatic heterocycles. The molecule has 3 heteroatoms. The van der Waals surface area contributed by atoms with Gasteiger partial charge in [0.1, 0.15) is 0 Å². The van der Waals surface area contributed by atoms with E-state index in [1.807, 2.05) is 0 Å². The van der Waals surface area contributed by atoms with E-state index in [1.165, 1.54) is 32.1 Å². The highest BCUT2D eigenvalue weighted by Gasteiger charge is 2.48. The molecule has 2 aliphatic carbocycles. The smallest absolute Gasteiger partial charge is 0.227 e. The van der Waals surface area contributed by atoms with E-state index >= 15 is 0 Å². The van der Waals surface area contributed by atoms with Gasteiger partial charge >= 0.3 is 0 Å². The van der Waals surface area contributed by atoms with Crippen LogP contribution in [-0.4, -0.2) is 19.0 Å². The van der Waals surface area contributed by atoms with E-state index in [0.29, 0.717) is 6.54 Å². The monoisotopic (exact) mass is 252 g/mol. The fraction of sp³-hybridized carbons (Fsp3) is 0.933. The van der Waals surface area contributed by atoms with E-state index in [0.717, 1.165) is 25.3 Å². The molecule has 2 fully saturated rings. The zero-order chi connectivity index (χ0) is 13.2. The van der Waals surface area contributed by atoms with Gasteiger partial charge in [0.15, 0.2) is 0 Å². The molecule has 0 aliphatic heterocycles. The van der Waals surface area contributed by atoms with Crippen LogP contribution in [0.1, 0.15) is 58.8 Å². The van der Waals surface area contributed by atoms with Crippen molar-refractivity contribution in [2.45, 2.75) is 58.8 Å². The van der Waals surface area contributed by atoms with Crippen LogP contribution in [0.25, 0.3) is 0 Å². The lowest BCUT2D eigenvalue weighted by atomic mass is 9.71. The van der Waals surface area contributed by atoms with Crippen molar-refractivity contribution >= 4 is 5.91 Å². The number of amides is 1. The standard InChI is InChI=1S/C15H28N2O/c1-14(2,12-6-4-3-5-7-12)11-17-13(18)15(10-16)8-9-15/h12H,3-11,16H2,1-2H3,(H,17,18). The van der Waals surface area contributed by atoms with Crippen molar-refractivity contribution in [1.29, 1.82) is 0 Å². The quantitative estimate of drug-likeness (QED) is 0.789. The van der Waals surface area contributed by atoms with Crippen molar-refractivity contribution in [3.63, 3.8) is 0 Å². The maximum absolute atomic E-state index is 12.1. The maximum Gasteiger partial charge on any atom is 0.227 e. The second-order valence-corrected chi connectivity index (χ2v) is 6.99. The van der Waals surface area contributed by atoms with E-state index in [4.69, 9.17) is 5.73 Å². The van der Waals surface area contributed by atoms with Crippen molar-refractivity contribution in [2.75, 3.05) is 13.1 Å². The van der Waals surface area contributed by atoms with Crippen molar-refractivity contribution in [1.82, 2.24) is 5.32 Å². The van der Waals surface area contributed by atoms with Crippen molar-refractivity contribution in [2.24, 2.45) is 22.5 Å². The molecule has 3 nitrogen and oxygen atoms in total. The third-order valence-corrected chi connectivity index (χ3v) is 5.14. The lowest BCUT2D eigenvalue weighted by molar-refractivity contribution is -0.126. The summed E-state index contributed by atoms with van der Waals surface area (Å²) in [6, 6.07) is 0. The van der Waals surface area contributed by atoms with Crippen LogP contribution < -0.4 is 11.1 Å². The largest absolute Gasteiger partial charge is 0.355 e. The Hall–Kier alpha value is -0.570. The Kier molecular flexibility index (Phi) is 4.00. The van der Waals surface area contributed by atoms with Crippen LogP contribution in [0.15, 0.2) is 0 Å². The zero-order valence-corrected chi connectivity index (χ0v) is 11.9. The molecule has 0 spiro atoms. The molecule has 0 radical (unpaired) electrons. The summed E-state index contributed by atoms with van der Waals surface area (Å²) in [5.74, 6) is 0.952. The SMILES string of the molecule is CC(C)(CNC(=O)C1(CN)CC1)C1CCCCC1. The molecule has 0 saturated heterocycles. The first-order valence-corrected chi connectivity index (χ1v) is 7.49. The summed E-state index contributed by atoms with van der Waals surface area (Å²) in [6.45, 7) is 5.90. The lowest BCUT2D eigenvalue weighted by Gasteiger charge is -2.37. The minimum atomic E-state index is -0.206. The van der Waals surface area contributed by atoms with Gasteiger partial charge in [0.05, 0.1) is 5.41 Å². The first-order valence-electron chi connectivity index (χ1n) is 7.49. The van der Waals surface area contributed by atoms with E-state index in [1.54, 1.807) is 0 Å². The Bertz CT molecular complexity index is 302. The molecule has 2 saturated carbocycles. The molecule has 18 heavy (non-hydrogen) atoms. The van der Waals surface area contributed by atoms with Crippen molar-refractivity contribution in [3.8, 4) is 0 Å². The Morgan fingerprint density at radius 1 is 1.28 bits per heavy atom. The fourth-order valence-corrected chi connectivity index (χ4v) is 3.20. The normalized spacial score (nSPS) is 23.7. The predicted molar refractivity (Wildman–Crippen MR) is 74.1 cm³/mol. The van der Waals surface area contributed by atoms with Gasteiger partial charge in [-0.15, -0.1) is 0 Å². The highest BCUT2D eigenvalue weighted by Crippen LogP contribution is 2.45. The molecule has 0 aromatic carbocycles. The van der Waals surface area contributed by atoms with Crippen LogP contribution >= 0.6 is 0 Å². The first-order chi connectivity index (χ1) is 8.50. The van der Waals surface area contributed by atoms with Gasteiger partial charge in [-0.1, -0.05) is 33.1 Å². The van der Waals surface area contributed by atoms with Gasteiger partial charge in [-0.25, -0.2) is 0 Å². The average Bonchev–Trinajstić information content (AvgIpc) is 3.18. The maximum atomic E-state index is 12.1. The number of hydrogen-bond acceptors (Lipinski definition) is 2. The van der Waals surface area contributed by atoms with Crippen molar-refractivity contribution in [3.05, 3.63) is 0 Å². The van der Waals surface area contributed by atoms with Gasteiger partial charge < -0.3 is 11.1 Å². The highest BCUT2D eigenvalue weighted by molar-refractivity contribution is 5.85. The average molecular weight is 252 g/mol. The summed E-state index contributed by atoms with van der Waals surface area (Å²) < 4.78 is 0. The number of carbonyl (C=O) groups excluding carboxylic acids is 1. The number of hydrogen-bond donors (Lipinski definition) is 2. The number of carbonyl (C=O) groups is 1. The molecule has 104 valence electrons. The van der Waals surface area contributed by atoms with Gasteiger partial charge in [-0.05, 0) is 37.0 Å². The molecule has 2 aliphatic rings. The van der Waals surface area contributed by atoms with Gasteiger partial charge in [-0.2, -0.15) is 0 Å². The summed E-state index contributed by atoms with van der Waals surface area (Å²) in [5, 5.41) is 3.15. The molecular formula is C15H28N2O. The zero-order valence-electron chi connectivity index (χ0n) is 11.9. The molecule has 1 amide bonds. The molecule has 0 unspecified atom stereocenters. The minimum absolute atomic E-state index is 0.189. The molecule has 3 N–H and O–H groups in total. The van der Waals surface area contributed by atoms with Crippen LogP contribution in [0.3, 0.4) is 0 Å². The summed E-state index contributed by atoms with van der Waals surface area (Å²) in [4.78, 5) is 12.1. The number of nitrogens with two attached hydrogens (primary N) is 1. The highest BCUT2D eigenvalue weighted by atomic mass is 16.2. The Balaban J connectivity index is 1.82. The second-order valence-electron chi connectivity index (χ2n) is 6.99. The van der Waals surface area contributed by atoms with Gasteiger partial charge in [0, 0.05) is 13.1 Å².